The Balaban J connectivity index is 2.37. The molecular weight excluding hydrogens is 168 g/mol. The maximum absolute atomic E-state index is 11.4. The lowest BCUT2D eigenvalue weighted by atomic mass is 9.83. The Labute approximate surface area is 75.7 Å². The molecule has 2 atom stereocenters. The Hall–Kier alpha value is -1.42. The van der Waals surface area contributed by atoms with E-state index in [1.54, 1.807) is 6.20 Å². The first kappa shape index (κ1) is 8.19. The van der Waals surface area contributed by atoms with Gasteiger partial charge in [0.05, 0.1) is 5.92 Å². The van der Waals surface area contributed by atoms with Gasteiger partial charge in [-0.2, -0.15) is 0 Å². The van der Waals surface area contributed by atoms with Gasteiger partial charge in [0.15, 0.2) is 11.6 Å². The van der Waals surface area contributed by atoms with Crippen molar-refractivity contribution in [2.75, 3.05) is 0 Å². The second-order valence-corrected chi connectivity index (χ2v) is 3.26. The number of hydrogen-bond acceptors (Lipinski definition) is 4. The number of nitrogens with zero attached hydrogens (tertiary/aromatic N) is 1. The summed E-state index contributed by atoms with van der Waals surface area (Å²) in [5.74, 6) is 5.20. The van der Waals surface area contributed by atoms with Crippen molar-refractivity contribution in [3.63, 3.8) is 0 Å². The highest BCUT2D eigenvalue weighted by Crippen LogP contribution is 2.24. The van der Waals surface area contributed by atoms with E-state index in [-0.39, 0.29) is 17.5 Å². The van der Waals surface area contributed by atoms with E-state index in [1.165, 1.54) is 17.2 Å². The van der Waals surface area contributed by atoms with Gasteiger partial charge in [-0.1, -0.05) is 6.08 Å². The molecule has 0 fully saturated rings. The van der Waals surface area contributed by atoms with Crippen LogP contribution in [0.1, 0.15) is 6.42 Å². The summed E-state index contributed by atoms with van der Waals surface area (Å²) in [5.41, 5.74) is 0. The van der Waals surface area contributed by atoms with Crippen molar-refractivity contribution in [3.8, 4) is 0 Å². The first-order valence-corrected chi connectivity index (χ1v) is 4.15. The summed E-state index contributed by atoms with van der Waals surface area (Å²) < 4.78 is 0. The molecule has 0 aromatic rings. The van der Waals surface area contributed by atoms with Crippen LogP contribution in [0.25, 0.3) is 0 Å². The van der Waals surface area contributed by atoms with E-state index in [0.717, 1.165) is 0 Å². The Morgan fingerprint density at radius 3 is 2.69 bits per heavy atom. The molecule has 0 saturated carbocycles. The van der Waals surface area contributed by atoms with Crippen LogP contribution in [-0.2, 0) is 9.59 Å². The van der Waals surface area contributed by atoms with E-state index in [1.807, 2.05) is 6.08 Å². The summed E-state index contributed by atoms with van der Waals surface area (Å²) in [6.45, 7) is 0. The molecule has 1 aliphatic carbocycles. The van der Waals surface area contributed by atoms with E-state index in [2.05, 4.69) is 0 Å². The number of hydrogen-bond donors (Lipinski definition) is 1. The van der Waals surface area contributed by atoms with Crippen molar-refractivity contribution in [1.29, 1.82) is 0 Å². The molecule has 2 aliphatic rings. The van der Waals surface area contributed by atoms with E-state index in [0.29, 0.717) is 6.42 Å². The highest BCUT2D eigenvalue weighted by atomic mass is 16.1. The van der Waals surface area contributed by atoms with E-state index < -0.39 is 6.04 Å². The molecule has 13 heavy (non-hydrogen) atoms. The fourth-order valence-electron chi connectivity index (χ4n) is 1.76. The first-order valence-electron chi connectivity index (χ1n) is 4.15. The Morgan fingerprint density at radius 2 is 2.00 bits per heavy atom. The number of ketones is 2. The summed E-state index contributed by atoms with van der Waals surface area (Å²) in [6, 6.07) is -0.484. The summed E-state index contributed by atoms with van der Waals surface area (Å²) in [6.07, 6.45) is 6.71. The van der Waals surface area contributed by atoms with Gasteiger partial charge in [-0.05, 0) is 18.6 Å². The third-order valence-electron chi connectivity index (χ3n) is 2.44. The highest BCUT2D eigenvalue weighted by molar-refractivity contribution is 6.09. The quantitative estimate of drug-likeness (QED) is 0.520. The van der Waals surface area contributed by atoms with Crippen LogP contribution in [0.15, 0.2) is 24.4 Å². The van der Waals surface area contributed by atoms with E-state index in [4.69, 9.17) is 5.84 Å². The van der Waals surface area contributed by atoms with Crippen LogP contribution in [0.4, 0.5) is 0 Å². The van der Waals surface area contributed by atoms with Crippen LogP contribution in [0.2, 0.25) is 0 Å². The Morgan fingerprint density at radius 1 is 1.31 bits per heavy atom. The van der Waals surface area contributed by atoms with Gasteiger partial charge in [0, 0.05) is 6.20 Å². The van der Waals surface area contributed by atoms with Crippen LogP contribution in [0.3, 0.4) is 0 Å². The first-order chi connectivity index (χ1) is 6.20. The van der Waals surface area contributed by atoms with Crippen molar-refractivity contribution >= 4 is 11.6 Å². The third-order valence-corrected chi connectivity index (χ3v) is 2.44. The largest absolute Gasteiger partial charge is 0.307 e. The van der Waals surface area contributed by atoms with E-state index >= 15 is 0 Å². The van der Waals surface area contributed by atoms with Gasteiger partial charge in [0.2, 0.25) is 0 Å². The SMILES string of the molecule is NN1C=CCC2C(=O)C=CC(=O)C21. The molecular formula is C9H10N2O2. The molecule has 2 N–H and O–H groups in total. The molecule has 1 heterocycles. The van der Waals surface area contributed by atoms with Crippen LogP contribution in [0, 0.1) is 5.92 Å². The van der Waals surface area contributed by atoms with Gasteiger partial charge in [-0.15, -0.1) is 0 Å². The van der Waals surface area contributed by atoms with Crippen molar-refractivity contribution in [2.24, 2.45) is 11.8 Å². The molecule has 0 spiro atoms. The normalized spacial score (nSPS) is 32.2. The predicted molar refractivity (Wildman–Crippen MR) is 46.2 cm³/mol. The molecule has 0 radical (unpaired) electrons. The fraction of sp³-hybridized carbons (Fsp3) is 0.333. The molecule has 68 valence electrons. The lowest BCUT2D eigenvalue weighted by Gasteiger charge is -2.34. The number of carbonyl (C=O) groups excluding carboxylic acids is 2. The molecule has 2 rings (SSSR count). The molecule has 2 unspecified atom stereocenters. The molecule has 0 aromatic carbocycles. The maximum Gasteiger partial charge on any atom is 0.180 e. The Bertz CT molecular complexity index is 320. The molecule has 0 bridgehead atoms. The van der Waals surface area contributed by atoms with Crippen LogP contribution < -0.4 is 5.84 Å². The van der Waals surface area contributed by atoms with E-state index in [9.17, 15) is 9.59 Å². The lowest BCUT2D eigenvalue weighted by Crippen LogP contribution is -2.52. The van der Waals surface area contributed by atoms with Crippen molar-refractivity contribution in [3.05, 3.63) is 24.4 Å². The van der Waals surface area contributed by atoms with Crippen LogP contribution in [0.5, 0.6) is 0 Å². The fourth-order valence-corrected chi connectivity index (χ4v) is 1.76. The second-order valence-electron chi connectivity index (χ2n) is 3.26. The average molecular weight is 178 g/mol. The highest BCUT2D eigenvalue weighted by Gasteiger charge is 2.37. The van der Waals surface area contributed by atoms with Gasteiger partial charge in [-0.25, -0.2) is 5.84 Å². The molecule has 0 amide bonds. The zero-order valence-corrected chi connectivity index (χ0v) is 7.01. The molecule has 4 nitrogen and oxygen atoms in total. The van der Waals surface area contributed by atoms with Crippen LogP contribution in [-0.4, -0.2) is 22.6 Å². The number of allylic oxidation sites excluding steroid dienone is 2. The van der Waals surface area contributed by atoms with Crippen molar-refractivity contribution in [2.45, 2.75) is 12.5 Å². The minimum Gasteiger partial charge on any atom is -0.307 e. The zero-order valence-electron chi connectivity index (χ0n) is 7.01. The molecule has 1 aliphatic heterocycles. The van der Waals surface area contributed by atoms with Gasteiger partial charge < -0.3 is 5.01 Å². The number of rotatable bonds is 0. The van der Waals surface area contributed by atoms with Gasteiger partial charge >= 0.3 is 0 Å². The summed E-state index contributed by atoms with van der Waals surface area (Å²) in [5, 5.41) is 1.32. The standard InChI is InChI=1S/C9H10N2O2/c10-11-5-1-2-6-7(12)3-4-8(13)9(6)11/h1,3-6,9H,2,10H2. The Kier molecular flexibility index (Phi) is 1.77. The maximum atomic E-state index is 11.4. The molecule has 0 aromatic heterocycles. The summed E-state index contributed by atoms with van der Waals surface area (Å²) in [7, 11) is 0. The number of carbonyl (C=O) groups is 2. The van der Waals surface area contributed by atoms with Crippen molar-refractivity contribution < 1.29 is 9.59 Å². The lowest BCUT2D eigenvalue weighted by molar-refractivity contribution is -0.130. The smallest absolute Gasteiger partial charge is 0.180 e. The topological polar surface area (TPSA) is 63.4 Å². The summed E-state index contributed by atoms with van der Waals surface area (Å²) in [4.78, 5) is 22.8. The minimum absolute atomic E-state index is 0.00981. The van der Waals surface area contributed by atoms with Gasteiger partial charge in [-0.3, -0.25) is 9.59 Å². The summed E-state index contributed by atoms with van der Waals surface area (Å²) >= 11 is 0. The zero-order chi connectivity index (χ0) is 9.42. The average Bonchev–Trinajstić information content (AvgIpc) is 2.12. The molecule has 0 saturated heterocycles. The van der Waals surface area contributed by atoms with Gasteiger partial charge in [0.25, 0.3) is 0 Å². The number of nitrogens with two attached hydrogens (primary N) is 1. The van der Waals surface area contributed by atoms with Crippen molar-refractivity contribution in [1.82, 2.24) is 5.01 Å². The second kappa shape index (κ2) is 2.81. The van der Waals surface area contributed by atoms with Gasteiger partial charge in [0.1, 0.15) is 6.04 Å². The predicted octanol–water partition coefficient (Wildman–Crippen LogP) is -0.228. The number of hydrazine groups is 1. The number of fused-ring (bicyclic) bond motifs is 1. The molecule has 4 heteroatoms. The monoisotopic (exact) mass is 178 g/mol. The van der Waals surface area contributed by atoms with Crippen LogP contribution >= 0.6 is 0 Å². The minimum atomic E-state index is -0.484. The third kappa shape index (κ3) is 1.19.